The van der Waals surface area contributed by atoms with E-state index in [0.29, 0.717) is 24.5 Å². The summed E-state index contributed by atoms with van der Waals surface area (Å²) in [6.45, 7) is 3.03. The lowest BCUT2D eigenvalue weighted by Gasteiger charge is -2.18. The van der Waals surface area contributed by atoms with Crippen LogP contribution in [0, 0.1) is 17.0 Å². The molecule has 0 bridgehead atoms. The molecule has 0 saturated carbocycles. The summed E-state index contributed by atoms with van der Waals surface area (Å²) in [6, 6.07) is 6.59. The summed E-state index contributed by atoms with van der Waals surface area (Å²) in [5.41, 5.74) is 1.29. The van der Waals surface area contributed by atoms with Crippen LogP contribution in [0.2, 0.25) is 0 Å². The predicted molar refractivity (Wildman–Crippen MR) is 87.8 cm³/mol. The molecule has 0 spiro atoms. The van der Waals surface area contributed by atoms with Crippen LogP contribution in [0.1, 0.15) is 22.5 Å². The molecule has 124 valence electrons. The molecule has 24 heavy (non-hydrogen) atoms. The fourth-order valence-electron chi connectivity index (χ4n) is 2.73. The number of nitrogens with one attached hydrogen (secondary N) is 1. The topological polar surface area (TPSA) is 101 Å². The van der Waals surface area contributed by atoms with E-state index in [1.54, 1.807) is 29.3 Å². The summed E-state index contributed by atoms with van der Waals surface area (Å²) in [5, 5.41) is 13.8. The molecule has 0 radical (unpaired) electrons. The van der Waals surface area contributed by atoms with Crippen molar-refractivity contribution in [3.05, 3.63) is 58.0 Å². The zero-order chi connectivity index (χ0) is 17.1. The van der Waals surface area contributed by atoms with Gasteiger partial charge < -0.3 is 10.2 Å². The van der Waals surface area contributed by atoms with Crippen LogP contribution in [0.3, 0.4) is 0 Å². The predicted octanol–water partition coefficient (Wildman–Crippen LogP) is 2.02. The van der Waals surface area contributed by atoms with Gasteiger partial charge in [-0.25, -0.2) is 4.98 Å². The quantitative estimate of drug-likeness (QED) is 0.681. The number of nitro groups is 1. The first-order valence-electron chi connectivity index (χ1n) is 7.62. The van der Waals surface area contributed by atoms with E-state index in [0.717, 1.165) is 12.1 Å². The summed E-state index contributed by atoms with van der Waals surface area (Å²) in [7, 11) is 0. The van der Waals surface area contributed by atoms with Gasteiger partial charge >= 0.3 is 0 Å². The van der Waals surface area contributed by atoms with Crippen molar-refractivity contribution >= 4 is 17.4 Å². The normalized spacial score (nSPS) is 16.9. The summed E-state index contributed by atoms with van der Waals surface area (Å²) in [4.78, 5) is 32.7. The van der Waals surface area contributed by atoms with Gasteiger partial charge in [-0.2, -0.15) is 0 Å². The fourth-order valence-corrected chi connectivity index (χ4v) is 2.73. The molecule has 2 aromatic heterocycles. The molecule has 1 saturated heterocycles. The van der Waals surface area contributed by atoms with E-state index < -0.39 is 4.92 Å². The summed E-state index contributed by atoms with van der Waals surface area (Å²) < 4.78 is 0. The molecule has 3 rings (SSSR count). The highest BCUT2D eigenvalue weighted by atomic mass is 16.6. The molecule has 1 amide bonds. The molecule has 1 N–H and O–H groups in total. The molecule has 0 aromatic carbocycles. The Morgan fingerprint density at radius 3 is 2.88 bits per heavy atom. The van der Waals surface area contributed by atoms with Gasteiger partial charge in [0.25, 0.3) is 11.6 Å². The number of rotatable bonds is 4. The molecule has 1 aliphatic heterocycles. The van der Waals surface area contributed by atoms with Crippen molar-refractivity contribution in [2.24, 2.45) is 0 Å². The first-order chi connectivity index (χ1) is 11.5. The Hall–Kier alpha value is -3.03. The molecule has 8 nitrogen and oxygen atoms in total. The van der Waals surface area contributed by atoms with Gasteiger partial charge in [-0.3, -0.25) is 19.9 Å². The van der Waals surface area contributed by atoms with Crippen molar-refractivity contribution < 1.29 is 9.72 Å². The Morgan fingerprint density at radius 2 is 2.21 bits per heavy atom. The third-order valence-electron chi connectivity index (χ3n) is 4.02. The van der Waals surface area contributed by atoms with Crippen molar-refractivity contribution in [2.75, 3.05) is 18.4 Å². The Morgan fingerprint density at radius 1 is 1.38 bits per heavy atom. The highest BCUT2D eigenvalue weighted by Crippen LogP contribution is 2.19. The molecule has 1 aliphatic rings. The Balaban J connectivity index is 1.62. The average Bonchev–Trinajstić information content (AvgIpc) is 3.04. The zero-order valence-corrected chi connectivity index (χ0v) is 13.2. The lowest BCUT2D eigenvalue weighted by Crippen LogP contribution is -2.32. The lowest BCUT2D eigenvalue weighted by molar-refractivity contribution is -0.385. The van der Waals surface area contributed by atoms with Crippen LogP contribution >= 0.6 is 0 Å². The van der Waals surface area contributed by atoms with Crippen molar-refractivity contribution in [3.63, 3.8) is 0 Å². The molecule has 1 fully saturated rings. The van der Waals surface area contributed by atoms with Gasteiger partial charge in [0.1, 0.15) is 12.0 Å². The summed E-state index contributed by atoms with van der Waals surface area (Å²) >= 11 is 0. The van der Waals surface area contributed by atoms with Gasteiger partial charge in [0.2, 0.25) is 0 Å². The smallest absolute Gasteiger partial charge is 0.287 e. The zero-order valence-electron chi connectivity index (χ0n) is 13.2. The number of anilines is 1. The maximum atomic E-state index is 12.6. The van der Waals surface area contributed by atoms with Gasteiger partial charge in [0.05, 0.1) is 10.5 Å². The Labute approximate surface area is 138 Å². The number of likely N-dealkylation sites (tertiary alicyclic amines) is 1. The molecular formula is C16H17N5O3. The molecule has 1 atom stereocenters. The van der Waals surface area contributed by atoms with Crippen LogP contribution in [0.4, 0.5) is 11.5 Å². The molecule has 8 heteroatoms. The van der Waals surface area contributed by atoms with Crippen LogP contribution < -0.4 is 5.32 Å². The molecule has 3 heterocycles. The van der Waals surface area contributed by atoms with E-state index in [2.05, 4.69) is 15.3 Å². The van der Waals surface area contributed by atoms with E-state index in [9.17, 15) is 14.9 Å². The molecule has 2 aromatic rings. The number of amides is 1. The highest BCUT2D eigenvalue weighted by Gasteiger charge is 2.28. The standard InChI is InChI=1S/C16H17N5O3/c1-11-14(3-2-7-17-11)16(22)20-8-6-12(10-20)19-15-5-4-13(9-18-15)21(23)24/h2-5,7,9,12H,6,8,10H2,1H3,(H,18,19)/t12-/m1/s1. The average molecular weight is 327 g/mol. The maximum absolute atomic E-state index is 12.6. The number of pyridine rings is 2. The number of aryl methyl sites for hydroxylation is 1. The minimum absolute atomic E-state index is 0.0263. The first kappa shape index (κ1) is 15.9. The second kappa shape index (κ2) is 6.61. The maximum Gasteiger partial charge on any atom is 0.287 e. The number of hydrogen-bond donors (Lipinski definition) is 1. The second-order valence-corrected chi connectivity index (χ2v) is 5.68. The van der Waals surface area contributed by atoms with Crippen LogP contribution in [0.5, 0.6) is 0 Å². The third kappa shape index (κ3) is 3.32. The van der Waals surface area contributed by atoms with Crippen molar-refractivity contribution in [2.45, 2.75) is 19.4 Å². The number of carbonyl (C=O) groups excluding carboxylic acids is 1. The third-order valence-corrected chi connectivity index (χ3v) is 4.02. The largest absolute Gasteiger partial charge is 0.365 e. The van der Waals surface area contributed by atoms with Crippen molar-refractivity contribution in [3.8, 4) is 0 Å². The highest BCUT2D eigenvalue weighted by molar-refractivity contribution is 5.95. The minimum atomic E-state index is -0.483. The van der Waals surface area contributed by atoms with Crippen LogP contribution in [-0.2, 0) is 0 Å². The molecule has 0 aliphatic carbocycles. The van der Waals surface area contributed by atoms with E-state index in [4.69, 9.17) is 0 Å². The second-order valence-electron chi connectivity index (χ2n) is 5.68. The fraction of sp³-hybridized carbons (Fsp3) is 0.312. The van der Waals surface area contributed by atoms with E-state index in [1.165, 1.54) is 12.3 Å². The molecule has 0 unspecified atom stereocenters. The van der Waals surface area contributed by atoms with Gasteiger partial charge in [-0.1, -0.05) is 0 Å². The van der Waals surface area contributed by atoms with E-state index in [1.807, 2.05) is 6.92 Å². The van der Waals surface area contributed by atoms with Crippen LogP contribution in [0.15, 0.2) is 36.7 Å². The first-order valence-corrected chi connectivity index (χ1v) is 7.62. The number of hydrogen-bond acceptors (Lipinski definition) is 6. The van der Waals surface area contributed by atoms with Gasteiger partial charge in [0, 0.05) is 37.1 Å². The SMILES string of the molecule is Cc1ncccc1C(=O)N1CC[C@@H](Nc2ccc([N+](=O)[O-])cn2)C1. The monoisotopic (exact) mass is 327 g/mol. The lowest BCUT2D eigenvalue weighted by atomic mass is 10.2. The van der Waals surface area contributed by atoms with Crippen molar-refractivity contribution in [1.29, 1.82) is 0 Å². The Kier molecular flexibility index (Phi) is 4.37. The summed E-state index contributed by atoms with van der Waals surface area (Å²) in [5.74, 6) is 0.541. The van der Waals surface area contributed by atoms with Gasteiger partial charge in [-0.05, 0) is 31.5 Å². The minimum Gasteiger partial charge on any atom is -0.365 e. The summed E-state index contributed by atoms with van der Waals surface area (Å²) in [6.07, 6.45) is 3.68. The van der Waals surface area contributed by atoms with Gasteiger partial charge in [0.15, 0.2) is 0 Å². The van der Waals surface area contributed by atoms with E-state index >= 15 is 0 Å². The number of carbonyl (C=O) groups is 1. The van der Waals surface area contributed by atoms with E-state index in [-0.39, 0.29) is 17.6 Å². The molecular weight excluding hydrogens is 310 g/mol. The number of nitrogens with zero attached hydrogens (tertiary/aromatic N) is 4. The number of aromatic nitrogens is 2. The van der Waals surface area contributed by atoms with Crippen molar-refractivity contribution in [1.82, 2.24) is 14.9 Å². The van der Waals surface area contributed by atoms with Crippen LogP contribution in [-0.4, -0.2) is 44.8 Å². The van der Waals surface area contributed by atoms with Crippen LogP contribution in [0.25, 0.3) is 0 Å². The Bertz CT molecular complexity index is 763. The van der Waals surface area contributed by atoms with Gasteiger partial charge in [-0.15, -0.1) is 0 Å².